The van der Waals surface area contributed by atoms with Crippen molar-refractivity contribution in [3.05, 3.63) is 105 Å². The third-order valence-electron chi connectivity index (χ3n) is 8.38. The van der Waals surface area contributed by atoms with Crippen molar-refractivity contribution in [3.8, 4) is 0 Å². The molecule has 0 spiro atoms. The Morgan fingerprint density at radius 1 is 0.780 bits per heavy atom. The molecule has 4 rings (SSSR count). The molecule has 14 heteroatoms. The number of guanidine groups is 1. The van der Waals surface area contributed by atoms with Crippen molar-refractivity contribution in [3.63, 3.8) is 0 Å². The molecule has 1 aliphatic rings. The number of rotatable bonds is 15. The van der Waals surface area contributed by atoms with E-state index in [0.29, 0.717) is 6.42 Å². The summed E-state index contributed by atoms with van der Waals surface area (Å²) in [5.41, 5.74) is 20.2. The third kappa shape index (κ3) is 11.0. The molecule has 264 valence electrons. The van der Waals surface area contributed by atoms with Crippen molar-refractivity contribution in [2.24, 2.45) is 22.2 Å². The highest BCUT2D eigenvalue weighted by Gasteiger charge is 2.38. The summed E-state index contributed by atoms with van der Waals surface area (Å²) < 4.78 is 0.993. The minimum absolute atomic E-state index is 0.112. The van der Waals surface area contributed by atoms with Gasteiger partial charge in [0.15, 0.2) is 5.96 Å². The number of primary amides is 1. The van der Waals surface area contributed by atoms with Gasteiger partial charge in [-0.25, -0.2) is 0 Å². The molecular formula is C36H43IN8O5. The second-order valence-corrected chi connectivity index (χ2v) is 13.4. The van der Waals surface area contributed by atoms with Gasteiger partial charge in [-0.2, -0.15) is 0 Å². The molecule has 0 bridgehead atoms. The van der Waals surface area contributed by atoms with Gasteiger partial charge in [-0.1, -0.05) is 66.7 Å². The SMILES string of the molecule is CC(=O)N[C@@H](Cc1ccccc1)C(=O)N[C@@H](CCCN=C(N)N)C(=O)N[C@H](Cc1ccc(I)cc1)C(=O)N1Cc2ccccc2C[C@H]1C(N)=O. The van der Waals surface area contributed by atoms with E-state index in [1.807, 2.05) is 78.9 Å². The van der Waals surface area contributed by atoms with E-state index in [1.54, 1.807) is 0 Å². The number of carbonyl (C=O) groups is 5. The van der Waals surface area contributed by atoms with Crippen LogP contribution in [0.15, 0.2) is 83.9 Å². The van der Waals surface area contributed by atoms with Crippen molar-refractivity contribution in [1.29, 1.82) is 0 Å². The van der Waals surface area contributed by atoms with E-state index in [1.165, 1.54) is 11.8 Å². The van der Waals surface area contributed by atoms with E-state index < -0.39 is 53.7 Å². The fourth-order valence-corrected chi connectivity index (χ4v) is 6.25. The number of benzene rings is 3. The van der Waals surface area contributed by atoms with Gasteiger partial charge in [0.05, 0.1) is 0 Å². The number of nitrogens with two attached hydrogens (primary N) is 3. The molecule has 1 aliphatic heterocycles. The van der Waals surface area contributed by atoms with Crippen LogP contribution in [0.2, 0.25) is 0 Å². The summed E-state index contributed by atoms with van der Waals surface area (Å²) in [4.78, 5) is 72.3. The molecule has 0 saturated carbocycles. The zero-order valence-electron chi connectivity index (χ0n) is 27.8. The van der Waals surface area contributed by atoms with E-state index in [9.17, 15) is 24.0 Å². The molecule has 0 radical (unpaired) electrons. The van der Waals surface area contributed by atoms with Crippen LogP contribution >= 0.6 is 22.6 Å². The normalized spacial score (nSPS) is 15.4. The van der Waals surface area contributed by atoms with Crippen LogP contribution in [-0.4, -0.2) is 71.1 Å². The molecule has 13 nitrogen and oxygen atoms in total. The van der Waals surface area contributed by atoms with Gasteiger partial charge in [-0.05, 0) is 69.8 Å². The Bertz CT molecular complexity index is 1700. The van der Waals surface area contributed by atoms with Crippen molar-refractivity contribution in [2.75, 3.05) is 6.54 Å². The summed E-state index contributed by atoms with van der Waals surface area (Å²) in [7, 11) is 0. The number of halogens is 1. The average Bonchev–Trinajstić information content (AvgIpc) is 3.09. The van der Waals surface area contributed by atoms with E-state index in [4.69, 9.17) is 17.2 Å². The van der Waals surface area contributed by atoms with E-state index >= 15 is 0 Å². The highest BCUT2D eigenvalue weighted by atomic mass is 127. The van der Waals surface area contributed by atoms with Crippen LogP contribution in [0.4, 0.5) is 0 Å². The Morgan fingerprint density at radius 2 is 1.36 bits per heavy atom. The van der Waals surface area contributed by atoms with Crippen LogP contribution in [0.1, 0.15) is 42.0 Å². The van der Waals surface area contributed by atoms with E-state index in [0.717, 1.165) is 25.8 Å². The quantitative estimate of drug-likeness (QED) is 0.0569. The maximum atomic E-state index is 14.4. The summed E-state index contributed by atoms with van der Waals surface area (Å²) >= 11 is 2.18. The van der Waals surface area contributed by atoms with Gasteiger partial charge in [0, 0.05) is 42.8 Å². The molecule has 1 heterocycles. The molecule has 4 atom stereocenters. The highest BCUT2D eigenvalue weighted by molar-refractivity contribution is 14.1. The van der Waals surface area contributed by atoms with Crippen LogP contribution < -0.4 is 33.2 Å². The molecule has 3 aromatic rings. The first-order valence-corrected chi connectivity index (χ1v) is 17.4. The summed E-state index contributed by atoms with van der Waals surface area (Å²) in [6.07, 6.45) is 0.993. The molecule has 5 amide bonds. The zero-order chi connectivity index (χ0) is 36.2. The molecular weight excluding hydrogens is 751 g/mol. The Morgan fingerprint density at radius 3 is 2.00 bits per heavy atom. The predicted octanol–water partition coefficient (Wildman–Crippen LogP) is 1.04. The second-order valence-electron chi connectivity index (χ2n) is 12.2. The Hall–Kier alpha value is -4.99. The number of nitrogens with one attached hydrogen (secondary N) is 3. The van der Waals surface area contributed by atoms with E-state index in [-0.39, 0.29) is 44.7 Å². The topological polar surface area (TPSA) is 215 Å². The minimum Gasteiger partial charge on any atom is -0.370 e. The first-order valence-electron chi connectivity index (χ1n) is 16.3. The van der Waals surface area contributed by atoms with Gasteiger partial charge in [0.25, 0.3) is 0 Å². The van der Waals surface area contributed by atoms with Crippen molar-refractivity contribution >= 4 is 58.1 Å². The molecule has 50 heavy (non-hydrogen) atoms. The predicted molar refractivity (Wildman–Crippen MR) is 198 cm³/mol. The summed E-state index contributed by atoms with van der Waals surface area (Å²) in [5, 5.41) is 8.34. The lowest BCUT2D eigenvalue weighted by molar-refractivity contribution is -0.144. The fraction of sp³-hybridized carbons (Fsp3) is 0.333. The summed E-state index contributed by atoms with van der Waals surface area (Å²) in [6.45, 7) is 1.64. The molecule has 9 N–H and O–H groups in total. The number of aliphatic imine (C=N–C) groups is 1. The molecule has 0 aliphatic carbocycles. The Kier molecular flexibility index (Phi) is 13.7. The lowest BCUT2D eigenvalue weighted by atomic mass is 9.92. The van der Waals surface area contributed by atoms with Crippen LogP contribution in [0.25, 0.3) is 0 Å². The minimum atomic E-state index is -1.12. The number of carbonyl (C=O) groups excluding carboxylic acids is 5. The fourth-order valence-electron chi connectivity index (χ4n) is 5.89. The smallest absolute Gasteiger partial charge is 0.246 e. The van der Waals surface area contributed by atoms with Crippen LogP contribution in [0, 0.1) is 3.57 Å². The maximum Gasteiger partial charge on any atom is 0.246 e. The number of nitrogens with zero attached hydrogens (tertiary/aromatic N) is 2. The monoisotopic (exact) mass is 794 g/mol. The number of hydrogen-bond donors (Lipinski definition) is 6. The standard InChI is InChI=1S/C36H43IN8O5/c1-22(46)42-29(18-23-8-3-2-4-9-23)34(49)43-28(12-7-17-41-36(39)40)33(48)44-30(19-24-13-15-27(37)16-14-24)35(50)45-21-26-11-6-5-10-25(26)20-31(45)32(38)47/h2-6,8-11,13-16,28-31H,7,12,17-21H2,1H3,(H2,38,47)(H,42,46)(H,43,49)(H,44,48)(H4,39,40,41)/t28-,29-,30+,31-/m0/s1. The number of hydrogen-bond acceptors (Lipinski definition) is 6. The Labute approximate surface area is 305 Å². The average molecular weight is 795 g/mol. The Balaban J connectivity index is 1.62. The van der Waals surface area contributed by atoms with Gasteiger partial charge in [0.1, 0.15) is 24.2 Å². The van der Waals surface area contributed by atoms with Crippen molar-refractivity contribution in [1.82, 2.24) is 20.9 Å². The summed E-state index contributed by atoms with van der Waals surface area (Å²) in [5.74, 6) is -2.86. The maximum absolute atomic E-state index is 14.4. The van der Waals surface area contributed by atoms with Crippen LogP contribution in [0.3, 0.4) is 0 Å². The second kappa shape index (κ2) is 18.1. The number of fused-ring (bicyclic) bond motifs is 1. The lowest BCUT2D eigenvalue weighted by Crippen LogP contribution is -2.60. The molecule has 0 unspecified atom stereocenters. The van der Waals surface area contributed by atoms with Gasteiger partial charge >= 0.3 is 0 Å². The first-order chi connectivity index (χ1) is 23.9. The largest absolute Gasteiger partial charge is 0.370 e. The van der Waals surface area contributed by atoms with Gasteiger partial charge in [-0.15, -0.1) is 0 Å². The van der Waals surface area contributed by atoms with Crippen LogP contribution in [-0.2, 0) is 49.8 Å². The van der Waals surface area contributed by atoms with Gasteiger partial charge < -0.3 is 38.1 Å². The molecule has 3 aromatic carbocycles. The zero-order valence-corrected chi connectivity index (χ0v) is 30.0. The van der Waals surface area contributed by atoms with Gasteiger partial charge in [0.2, 0.25) is 29.5 Å². The van der Waals surface area contributed by atoms with Crippen LogP contribution in [0.5, 0.6) is 0 Å². The van der Waals surface area contributed by atoms with Crippen molar-refractivity contribution in [2.45, 2.75) is 69.7 Å². The number of amides is 5. The third-order valence-corrected chi connectivity index (χ3v) is 9.10. The molecule has 0 saturated heterocycles. The lowest BCUT2D eigenvalue weighted by Gasteiger charge is -2.37. The first kappa shape index (κ1) is 37.8. The highest BCUT2D eigenvalue weighted by Crippen LogP contribution is 2.25. The molecule has 0 fully saturated rings. The molecule has 0 aromatic heterocycles. The van der Waals surface area contributed by atoms with E-state index in [2.05, 4.69) is 43.5 Å². The van der Waals surface area contributed by atoms with Crippen molar-refractivity contribution < 1.29 is 24.0 Å². The van der Waals surface area contributed by atoms with Gasteiger partial charge in [-0.3, -0.25) is 29.0 Å². The summed E-state index contributed by atoms with van der Waals surface area (Å²) in [6, 6.07) is 20.1.